The summed E-state index contributed by atoms with van der Waals surface area (Å²) in [5.74, 6) is -0.371. The average Bonchev–Trinajstić information content (AvgIpc) is 2.60. The van der Waals surface area contributed by atoms with Crippen LogP contribution in [0.25, 0.3) is 10.9 Å². The molecule has 24 heavy (non-hydrogen) atoms. The predicted octanol–water partition coefficient (Wildman–Crippen LogP) is 1.20. The molecule has 1 aromatic heterocycles. The van der Waals surface area contributed by atoms with Crippen LogP contribution in [0.2, 0.25) is 0 Å². The lowest BCUT2D eigenvalue weighted by Crippen LogP contribution is -2.30. The summed E-state index contributed by atoms with van der Waals surface area (Å²) in [5, 5.41) is 0.541. The van der Waals surface area contributed by atoms with Crippen LogP contribution >= 0.6 is 0 Å². The van der Waals surface area contributed by atoms with Crippen LogP contribution in [-0.2, 0) is 20.9 Å². The van der Waals surface area contributed by atoms with E-state index in [9.17, 15) is 14.4 Å². The smallest absolute Gasteiger partial charge is 0.305 e. The molecule has 0 aliphatic heterocycles. The van der Waals surface area contributed by atoms with E-state index in [4.69, 9.17) is 0 Å². The molecule has 0 unspecified atom stereocenters. The highest BCUT2D eigenvalue weighted by atomic mass is 16.5. The molecule has 1 heterocycles. The lowest BCUT2D eigenvalue weighted by atomic mass is 10.2. The number of esters is 1. The van der Waals surface area contributed by atoms with Crippen LogP contribution in [0.4, 0.5) is 0 Å². The van der Waals surface area contributed by atoms with Gasteiger partial charge in [0.15, 0.2) is 0 Å². The second kappa shape index (κ2) is 8.24. The van der Waals surface area contributed by atoms with Gasteiger partial charge in [0.25, 0.3) is 5.56 Å². The monoisotopic (exact) mass is 331 g/mol. The van der Waals surface area contributed by atoms with Gasteiger partial charge in [0, 0.05) is 33.0 Å². The molecule has 0 aliphatic rings. The van der Waals surface area contributed by atoms with Crippen molar-refractivity contribution in [3.05, 3.63) is 40.9 Å². The first kappa shape index (κ1) is 17.7. The lowest BCUT2D eigenvalue weighted by molar-refractivity contribution is -0.141. The highest BCUT2D eigenvalue weighted by Gasteiger charge is 2.11. The minimum absolute atomic E-state index is 0.0834. The number of hydrogen-bond donors (Lipinski definition) is 0. The molecule has 0 spiro atoms. The summed E-state index contributed by atoms with van der Waals surface area (Å²) in [5.41, 5.74) is 0.492. The van der Waals surface area contributed by atoms with Gasteiger partial charge in [0.1, 0.15) is 0 Å². The Morgan fingerprint density at radius 2 is 2.00 bits per heavy atom. The Morgan fingerprint density at radius 3 is 2.75 bits per heavy atom. The first-order valence-corrected chi connectivity index (χ1v) is 7.78. The lowest BCUT2D eigenvalue weighted by Gasteiger charge is -2.17. The van der Waals surface area contributed by atoms with Crippen LogP contribution in [0.1, 0.15) is 19.3 Å². The molecule has 0 saturated heterocycles. The maximum absolute atomic E-state index is 12.3. The molecule has 0 aliphatic carbocycles. The molecule has 0 saturated carbocycles. The molecule has 2 rings (SSSR count). The van der Waals surface area contributed by atoms with E-state index in [0.29, 0.717) is 23.9 Å². The average molecular weight is 331 g/mol. The minimum Gasteiger partial charge on any atom is -0.469 e. The van der Waals surface area contributed by atoms with Gasteiger partial charge in [-0.05, 0) is 18.6 Å². The number of hydrogen-bond acceptors (Lipinski definition) is 5. The number of para-hydroxylation sites is 1. The Bertz CT molecular complexity index is 785. The first-order valence-electron chi connectivity index (χ1n) is 7.78. The number of aryl methyl sites for hydroxylation is 1. The van der Waals surface area contributed by atoms with E-state index in [-0.39, 0.29) is 36.8 Å². The van der Waals surface area contributed by atoms with Crippen molar-refractivity contribution in [2.24, 2.45) is 0 Å². The normalized spacial score (nSPS) is 10.6. The molecule has 7 nitrogen and oxygen atoms in total. The minimum atomic E-state index is -0.287. The Balaban J connectivity index is 1.91. The Kier molecular flexibility index (Phi) is 6.06. The number of fused-ring (bicyclic) bond motifs is 1. The summed E-state index contributed by atoms with van der Waals surface area (Å²) in [7, 11) is 3.02. The van der Waals surface area contributed by atoms with Gasteiger partial charge in [-0.25, -0.2) is 4.98 Å². The second-order valence-electron chi connectivity index (χ2n) is 5.51. The van der Waals surface area contributed by atoms with E-state index in [0.717, 1.165) is 0 Å². The summed E-state index contributed by atoms with van der Waals surface area (Å²) < 4.78 is 6.01. The molecule has 1 aromatic carbocycles. The van der Waals surface area contributed by atoms with Gasteiger partial charge in [-0.15, -0.1) is 0 Å². The third-order valence-electron chi connectivity index (χ3n) is 3.83. The maximum atomic E-state index is 12.3. The van der Waals surface area contributed by atoms with Crippen LogP contribution in [-0.4, -0.2) is 47.0 Å². The zero-order valence-electron chi connectivity index (χ0n) is 13.9. The van der Waals surface area contributed by atoms with Gasteiger partial charge in [-0.1, -0.05) is 12.1 Å². The number of carbonyl (C=O) groups excluding carboxylic acids is 2. The maximum Gasteiger partial charge on any atom is 0.305 e. The van der Waals surface area contributed by atoms with Crippen LogP contribution in [0.5, 0.6) is 0 Å². The van der Waals surface area contributed by atoms with Crippen molar-refractivity contribution in [2.45, 2.75) is 25.8 Å². The van der Waals surface area contributed by atoms with Crippen LogP contribution in [0, 0.1) is 0 Å². The van der Waals surface area contributed by atoms with Gasteiger partial charge in [-0.3, -0.25) is 19.0 Å². The van der Waals surface area contributed by atoms with Gasteiger partial charge in [0.2, 0.25) is 5.91 Å². The number of methoxy groups -OCH3 is 1. The van der Waals surface area contributed by atoms with Crippen molar-refractivity contribution in [3.8, 4) is 0 Å². The van der Waals surface area contributed by atoms with Crippen molar-refractivity contribution in [2.75, 3.05) is 20.7 Å². The molecule has 128 valence electrons. The molecule has 2 aromatic rings. The molecule has 7 heteroatoms. The van der Waals surface area contributed by atoms with Crippen molar-refractivity contribution >= 4 is 22.8 Å². The van der Waals surface area contributed by atoms with Crippen molar-refractivity contribution in [3.63, 3.8) is 0 Å². The predicted molar refractivity (Wildman–Crippen MR) is 89.5 cm³/mol. The number of nitrogens with zero attached hydrogens (tertiary/aromatic N) is 3. The topological polar surface area (TPSA) is 81.5 Å². The highest BCUT2D eigenvalue weighted by molar-refractivity contribution is 5.77. The first-order chi connectivity index (χ1) is 11.5. The number of aromatic nitrogens is 2. The Morgan fingerprint density at radius 1 is 1.25 bits per heavy atom. The van der Waals surface area contributed by atoms with E-state index in [1.165, 1.54) is 18.0 Å². The Hall–Kier alpha value is -2.70. The molecule has 0 bridgehead atoms. The number of amides is 1. The number of benzene rings is 1. The SMILES string of the molecule is COC(=O)CCCN(C)C(=O)CCn1cnc2ccccc2c1=O. The highest BCUT2D eigenvalue weighted by Crippen LogP contribution is 2.05. The number of carbonyl (C=O) groups is 2. The second-order valence-corrected chi connectivity index (χ2v) is 5.51. The number of ether oxygens (including phenoxy) is 1. The molecule has 0 radical (unpaired) electrons. The summed E-state index contributed by atoms with van der Waals surface area (Å²) in [4.78, 5) is 41.3. The fourth-order valence-corrected chi connectivity index (χ4v) is 2.36. The van der Waals surface area contributed by atoms with Crippen LogP contribution < -0.4 is 5.56 Å². The van der Waals surface area contributed by atoms with Crippen molar-refractivity contribution in [1.82, 2.24) is 14.5 Å². The molecule has 0 fully saturated rings. The molecule has 1 amide bonds. The van der Waals surface area contributed by atoms with Gasteiger partial charge < -0.3 is 9.64 Å². The van der Waals surface area contributed by atoms with E-state index in [1.54, 1.807) is 30.1 Å². The van der Waals surface area contributed by atoms with E-state index in [2.05, 4.69) is 9.72 Å². The van der Waals surface area contributed by atoms with E-state index in [1.807, 2.05) is 6.07 Å². The molecular weight excluding hydrogens is 310 g/mol. The quantitative estimate of drug-likeness (QED) is 0.712. The van der Waals surface area contributed by atoms with Crippen molar-refractivity contribution < 1.29 is 14.3 Å². The summed E-state index contributed by atoms with van der Waals surface area (Å²) in [6.45, 7) is 0.746. The van der Waals surface area contributed by atoms with E-state index >= 15 is 0 Å². The van der Waals surface area contributed by atoms with Gasteiger partial charge in [-0.2, -0.15) is 0 Å². The number of rotatable bonds is 7. The molecule has 0 atom stereocenters. The van der Waals surface area contributed by atoms with Gasteiger partial charge >= 0.3 is 5.97 Å². The largest absolute Gasteiger partial charge is 0.469 e. The zero-order chi connectivity index (χ0) is 17.5. The third-order valence-corrected chi connectivity index (χ3v) is 3.83. The van der Waals surface area contributed by atoms with E-state index < -0.39 is 0 Å². The van der Waals surface area contributed by atoms with Gasteiger partial charge in [0.05, 0.1) is 24.3 Å². The fourth-order valence-electron chi connectivity index (χ4n) is 2.36. The third kappa shape index (κ3) is 4.41. The Labute approximate surface area is 139 Å². The summed E-state index contributed by atoms with van der Waals surface area (Å²) >= 11 is 0. The molecular formula is C17H21N3O4. The molecule has 0 N–H and O–H groups in total. The zero-order valence-corrected chi connectivity index (χ0v) is 13.9. The fraction of sp³-hybridized carbons (Fsp3) is 0.412. The van der Waals surface area contributed by atoms with Crippen molar-refractivity contribution in [1.29, 1.82) is 0 Å². The summed E-state index contributed by atoms with van der Waals surface area (Å²) in [6, 6.07) is 7.12. The standard InChI is InChI=1S/C17H21N3O4/c1-19(10-5-8-16(22)24-2)15(21)9-11-20-12-18-14-7-4-3-6-13(14)17(20)23/h3-4,6-7,12H,5,8-11H2,1-2H3. The summed E-state index contributed by atoms with van der Waals surface area (Å²) in [6.07, 6.45) is 2.50. The van der Waals surface area contributed by atoms with Crippen LogP contribution in [0.3, 0.4) is 0 Å². The van der Waals surface area contributed by atoms with Crippen LogP contribution in [0.15, 0.2) is 35.4 Å².